The van der Waals surface area contributed by atoms with Crippen LogP contribution >= 0.6 is 0 Å². The number of hydrogen-bond donors (Lipinski definition) is 0. The molecule has 0 saturated carbocycles. The Morgan fingerprint density at radius 2 is 1.82 bits per heavy atom. The molecule has 0 N–H and O–H groups in total. The van der Waals surface area contributed by atoms with E-state index in [4.69, 9.17) is 0 Å². The summed E-state index contributed by atoms with van der Waals surface area (Å²) in [6.45, 7) is 2.13. The van der Waals surface area contributed by atoms with Gasteiger partial charge < -0.3 is 4.90 Å². The summed E-state index contributed by atoms with van der Waals surface area (Å²) >= 11 is 0. The molecule has 3 aliphatic carbocycles. The minimum atomic E-state index is 0.631. The molecule has 88 valence electrons. The first-order chi connectivity index (χ1) is 8.24. The molecule has 0 heterocycles. The lowest BCUT2D eigenvalue weighted by Gasteiger charge is -2.36. The Morgan fingerprint density at radius 1 is 1.06 bits per heavy atom. The zero-order valence-corrected chi connectivity index (χ0v) is 10.6. The van der Waals surface area contributed by atoms with Crippen LogP contribution < -0.4 is 4.90 Å². The number of allylic oxidation sites excluding steroid dienone is 3. The van der Waals surface area contributed by atoms with Gasteiger partial charge in [0.2, 0.25) is 0 Å². The molecule has 3 aliphatic rings. The molecule has 0 spiro atoms. The molecule has 0 radical (unpaired) electrons. The topological polar surface area (TPSA) is 3.24 Å². The zero-order valence-electron chi connectivity index (χ0n) is 10.6. The second-order valence-corrected chi connectivity index (χ2v) is 5.22. The molecule has 0 fully saturated rings. The second-order valence-electron chi connectivity index (χ2n) is 5.22. The Morgan fingerprint density at radius 3 is 2.35 bits per heavy atom. The highest BCUT2D eigenvalue weighted by Crippen LogP contribution is 2.38. The molecule has 2 unspecified atom stereocenters. The van der Waals surface area contributed by atoms with E-state index < -0.39 is 0 Å². The second kappa shape index (κ2) is 4.06. The summed E-state index contributed by atoms with van der Waals surface area (Å²) in [7, 11) is 2.19. The lowest BCUT2D eigenvalue weighted by atomic mass is 9.79. The van der Waals surface area contributed by atoms with Crippen LogP contribution in [0.3, 0.4) is 0 Å². The predicted octanol–water partition coefficient (Wildman–Crippen LogP) is 3.91. The minimum Gasteiger partial charge on any atom is -0.348 e. The fourth-order valence-corrected chi connectivity index (χ4v) is 2.85. The van der Waals surface area contributed by atoms with Gasteiger partial charge in [-0.15, -0.1) is 0 Å². The van der Waals surface area contributed by atoms with Crippen molar-refractivity contribution < 1.29 is 0 Å². The van der Waals surface area contributed by atoms with Gasteiger partial charge >= 0.3 is 0 Å². The first-order valence-electron chi connectivity index (χ1n) is 6.44. The van der Waals surface area contributed by atoms with Crippen LogP contribution in [-0.4, -0.2) is 7.05 Å². The number of nitrogens with zero attached hydrogens (tertiary/aromatic N) is 1. The van der Waals surface area contributed by atoms with Crippen LogP contribution in [0.2, 0.25) is 0 Å². The van der Waals surface area contributed by atoms with Crippen LogP contribution in [0.15, 0.2) is 48.2 Å². The lowest BCUT2D eigenvalue weighted by molar-refractivity contribution is 0.496. The summed E-state index contributed by atoms with van der Waals surface area (Å²) in [5.41, 5.74) is 4.09. The minimum absolute atomic E-state index is 0.631. The van der Waals surface area contributed by atoms with Gasteiger partial charge in [-0.25, -0.2) is 0 Å². The van der Waals surface area contributed by atoms with Crippen LogP contribution in [0.1, 0.15) is 18.4 Å². The monoisotopic (exact) mass is 225 g/mol. The largest absolute Gasteiger partial charge is 0.348 e. The van der Waals surface area contributed by atoms with E-state index in [0.29, 0.717) is 11.8 Å². The van der Waals surface area contributed by atoms with Crippen LogP contribution in [0, 0.1) is 18.8 Å². The van der Waals surface area contributed by atoms with Gasteiger partial charge in [0.05, 0.1) is 0 Å². The summed E-state index contributed by atoms with van der Waals surface area (Å²) in [6, 6.07) is 8.79. The quantitative estimate of drug-likeness (QED) is 0.690. The number of aryl methyl sites for hydroxylation is 1. The number of fused-ring (bicyclic) bond motifs is 1. The summed E-state index contributed by atoms with van der Waals surface area (Å²) < 4.78 is 0. The standard InChI is InChI=1S/C16H19N/c1-12-3-9-15(10-4-12)17(2)16-11-13-5-7-14(16)8-6-13/h3-5,7,9-11,13-14H,6,8H2,1-2H3. The van der Waals surface area contributed by atoms with Gasteiger partial charge in [0, 0.05) is 24.4 Å². The third-order valence-corrected chi connectivity index (χ3v) is 3.97. The smallest absolute Gasteiger partial charge is 0.0405 e. The van der Waals surface area contributed by atoms with Gasteiger partial charge in [0.15, 0.2) is 0 Å². The van der Waals surface area contributed by atoms with E-state index in [1.54, 1.807) is 0 Å². The molecule has 0 amide bonds. The van der Waals surface area contributed by atoms with Crippen LogP contribution in [-0.2, 0) is 0 Å². The van der Waals surface area contributed by atoms with Crippen molar-refractivity contribution in [1.82, 2.24) is 0 Å². The molecule has 0 aliphatic heterocycles. The molecular formula is C16H19N. The van der Waals surface area contributed by atoms with E-state index in [0.717, 1.165) is 0 Å². The Labute approximate surface area is 103 Å². The van der Waals surface area contributed by atoms with E-state index in [1.165, 1.54) is 29.8 Å². The molecule has 1 aromatic rings. The van der Waals surface area contributed by atoms with E-state index in [9.17, 15) is 0 Å². The number of anilines is 1. The third kappa shape index (κ3) is 1.90. The normalized spacial score (nSPS) is 25.9. The van der Waals surface area contributed by atoms with Gasteiger partial charge in [-0.05, 0) is 37.8 Å². The Balaban J connectivity index is 1.88. The van der Waals surface area contributed by atoms with Crippen molar-refractivity contribution >= 4 is 5.69 Å². The van der Waals surface area contributed by atoms with Gasteiger partial charge in [-0.3, -0.25) is 0 Å². The SMILES string of the molecule is Cc1ccc(N(C)C2=CC3C=CC2CC3)cc1. The van der Waals surface area contributed by atoms with Crippen molar-refractivity contribution in [2.45, 2.75) is 19.8 Å². The van der Waals surface area contributed by atoms with E-state index in [2.05, 4.69) is 61.4 Å². The molecule has 1 heteroatoms. The predicted molar refractivity (Wildman–Crippen MR) is 73.0 cm³/mol. The number of hydrogen-bond acceptors (Lipinski definition) is 1. The number of rotatable bonds is 2. The highest BCUT2D eigenvalue weighted by atomic mass is 15.1. The maximum Gasteiger partial charge on any atom is 0.0405 e. The van der Waals surface area contributed by atoms with Gasteiger partial charge in [-0.2, -0.15) is 0 Å². The van der Waals surface area contributed by atoms with Crippen LogP contribution in [0.5, 0.6) is 0 Å². The molecule has 1 nitrogen and oxygen atoms in total. The average Bonchev–Trinajstić information content (AvgIpc) is 2.40. The molecule has 2 atom stereocenters. The maximum atomic E-state index is 2.44. The average molecular weight is 225 g/mol. The fourth-order valence-electron chi connectivity index (χ4n) is 2.85. The van der Waals surface area contributed by atoms with E-state index in [-0.39, 0.29) is 0 Å². The Bertz CT molecular complexity index is 467. The van der Waals surface area contributed by atoms with Crippen molar-refractivity contribution in [1.29, 1.82) is 0 Å². The third-order valence-electron chi connectivity index (χ3n) is 3.97. The Hall–Kier alpha value is -1.50. The highest BCUT2D eigenvalue weighted by Gasteiger charge is 2.26. The van der Waals surface area contributed by atoms with Gasteiger partial charge in [0.25, 0.3) is 0 Å². The van der Waals surface area contributed by atoms with Crippen molar-refractivity contribution in [3.05, 3.63) is 53.8 Å². The van der Waals surface area contributed by atoms with Crippen molar-refractivity contribution in [3.8, 4) is 0 Å². The van der Waals surface area contributed by atoms with Crippen LogP contribution in [0.25, 0.3) is 0 Å². The van der Waals surface area contributed by atoms with Gasteiger partial charge in [0.1, 0.15) is 0 Å². The summed E-state index contributed by atoms with van der Waals surface area (Å²) in [5, 5.41) is 0. The van der Waals surface area contributed by atoms with Crippen LogP contribution in [0.4, 0.5) is 5.69 Å². The van der Waals surface area contributed by atoms with Gasteiger partial charge in [-0.1, -0.05) is 35.9 Å². The molecule has 17 heavy (non-hydrogen) atoms. The fraction of sp³-hybridized carbons (Fsp3) is 0.375. The van der Waals surface area contributed by atoms with E-state index >= 15 is 0 Å². The number of benzene rings is 1. The molecule has 4 rings (SSSR count). The first-order valence-corrected chi connectivity index (χ1v) is 6.44. The summed E-state index contributed by atoms with van der Waals surface area (Å²) in [6.07, 6.45) is 9.82. The molecular weight excluding hydrogens is 206 g/mol. The van der Waals surface area contributed by atoms with Crippen molar-refractivity contribution in [2.24, 2.45) is 11.8 Å². The maximum absolute atomic E-state index is 2.44. The first kappa shape index (κ1) is 10.6. The molecule has 1 aromatic carbocycles. The summed E-state index contributed by atoms with van der Waals surface area (Å²) in [5.74, 6) is 1.30. The zero-order chi connectivity index (χ0) is 11.8. The molecule has 0 aromatic heterocycles. The Kier molecular flexibility index (Phi) is 2.54. The van der Waals surface area contributed by atoms with Crippen molar-refractivity contribution in [2.75, 3.05) is 11.9 Å². The highest BCUT2D eigenvalue weighted by molar-refractivity contribution is 5.54. The van der Waals surface area contributed by atoms with E-state index in [1.807, 2.05) is 0 Å². The molecule has 0 saturated heterocycles. The lowest BCUT2D eigenvalue weighted by Crippen LogP contribution is -2.28. The van der Waals surface area contributed by atoms with Crippen molar-refractivity contribution in [3.63, 3.8) is 0 Å². The molecule has 2 bridgehead atoms. The summed E-state index contributed by atoms with van der Waals surface area (Å²) in [4.78, 5) is 2.35.